The lowest BCUT2D eigenvalue weighted by atomic mass is 10.2. The van der Waals surface area contributed by atoms with Gasteiger partial charge in [0.05, 0.1) is 10.6 Å². The van der Waals surface area contributed by atoms with Crippen LogP contribution in [0.1, 0.15) is 23.7 Å². The Labute approximate surface area is 117 Å². The first kappa shape index (κ1) is 14.0. The predicted molar refractivity (Wildman–Crippen MR) is 74.5 cm³/mol. The van der Waals surface area contributed by atoms with Crippen molar-refractivity contribution >= 4 is 49.4 Å². The van der Waals surface area contributed by atoms with Gasteiger partial charge in [0.15, 0.2) is 0 Å². The third-order valence-electron chi connectivity index (χ3n) is 2.10. The molecule has 1 unspecified atom stereocenters. The van der Waals surface area contributed by atoms with Gasteiger partial charge >= 0.3 is 0 Å². The summed E-state index contributed by atoms with van der Waals surface area (Å²) in [4.78, 5) is 11.8. The van der Waals surface area contributed by atoms with E-state index in [1.54, 1.807) is 18.2 Å². The number of nitrogens with one attached hydrogen (secondary N) is 1. The highest BCUT2D eigenvalue weighted by Crippen LogP contribution is 2.21. The van der Waals surface area contributed by atoms with E-state index in [2.05, 4.69) is 37.2 Å². The number of hydrogen-bond donors (Lipinski definition) is 1. The Hall–Kier alpha value is -0.0600. The van der Waals surface area contributed by atoms with E-state index in [1.165, 1.54) is 0 Å². The van der Waals surface area contributed by atoms with Crippen LogP contribution in [-0.4, -0.2) is 17.3 Å². The Balaban J connectivity index is 2.73. The molecule has 1 aromatic rings. The third kappa shape index (κ3) is 4.07. The zero-order valence-corrected chi connectivity index (χ0v) is 12.7. The first-order valence-electron chi connectivity index (χ1n) is 4.86. The maximum absolute atomic E-state index is 11.8. The Morgan fingerprint density at radius 3 is 2.81 bits per heavy atom. The van der Waals surface area contributed by atoms with Crippen LogP contribution in [0.4, 0.5) is 0 Å². The van der Waals surface area contributed by atoms with Gasteiger partial charge < -0.3 is 5.32 Å². The van der Waals surface area contributed by atoms with Crippen molar-refractivity contribution in [1.29, 1.82) is 0 Å². The zero-order chi connectivity index (χ0) is 12.1. The van der Waals surface area contributed by atoms with Crippen LogP contribution >= 0.6 is 43.5 Å². The van der Waals surface area contributed by atoms with Gasteiger partial charge in [0.2, 0.25) is 0 Å². The van der Waals surface area contributed by atoms with Crippen molar-refractivity contribution in [2.24, 2.45) is 0 Å². The van der Waals surface area contributed by atoms with Crippen LogP contribution in [0.25, 0.3) is 0 Å². The van der Waals surface area contributed by atoms with Crippen molar-refractivity contribution in [2.45, 2.75) is 19.4 Å². The lowest BCUT2D eigenvalue weighted by Crippen LogP contribution is -2.32. The number of carbonyl (C=O) groups is 1. The summed E-state index contributed by atoms with van der Waals surface area (Å²) in [6, 6.07) is 5.36. The third-order valence-corrected chi connectivity index (χ3v) is 3.36. The molecule has 5 heteroatoms. The van der Waals surface area contributed by atoms with Crippen LogP contribution < -0.4 is 5.32 Å². The summed E-state index contributed by atoms with van der Waals surface area (Å²) >= 11 is 12.6. The minimum absolute atomic E-state index is 0.131. The Morgan fingerprint density at radius 1 is 1.56 bits per heavy atom. The van der Waals surface area contributed by atoms with Gasteiger partial charge in [0.1, 0.15) is 0 Å². The number of amides is 1. The molecule has 0 saturated carbocycles. The molecule has 2 nitrogen and oxygen atoms in total. The molecule has 1 rings (SSSR count). The number of carbonyl (C=O) groups excluding carboxylic acids is 1. The van der Waals surface area contributed by atoms with Crippen molar-refractivity contribution in [3.05, 3.63) is 33.3 Å². The van der Waals surface area contributed by atoms with Crippen LogP contribution in [0.5, 0.6) is 0 Å². The van der Waals surface area contributed by atoms with Crippen LogP contribution in [0.2, 0.25) is 5.02 Å². The molecule has 1 aromatic carbocycles. The number of rotatable bonds is 4. The van der Waals surface area contributed by atoms with Crippen molar-refractivity contribution in [1.82, 2.24) is 5.32 Å². The van der Waals surface area contributed by atoms with E-state index in [1.807, 2.05) is 6.92 Å². The molecule has 1 N–H and O–H groups in total. The molecule has 0 aliphatic heterocycles. The van der Waals surface area contributed by atoms with E-state index in [9.17, 15) is 4.79 Å². The molecular formula is C11H12Br2ClNO. The van der Waals surface area contributed by atoms with Crippen LogP contribution in [0.3, 0.4) is 0 Å². The molecule has 88 valence electrons. The minimum atomic E-state index is -0.133. The molecule has 0 saturated heterocycles. The van der Waals surface area contributed by atoms with E-state index < -0.39 is 0 Å². The molecule has 0 aromatic heterocycles. The molecule has 0 bridgehead atoms. The maximum Gasteiger partial charge on any atom is 0.253 e. The van der Waals surface area contributed by atoms with Gasteiger partial charge in [-0.1, -0.05) is 43.5 Å². The molecule has 0 aliphatic carbocycles. The lowest BCUT2D eigenvalue weighted by molar-refractivity contribution is 0.0939. The van der Waals surface area contributed by atoms with E-state index in [0.29, 0.717) is 10.6 Å². The van der Waals surface area contributed by atoms with Gasteiger partial charge in [-0.05, 0) is 31.5 Å². The molecular weight excluding hydrogens is 357 g/mol. The highest BCUT2D eigenvalue weighted by molar-refractivity contribution is 9.10. The Kier molecular flexibility index (Phi) is 5.79. The maximum atomic E-state index is 11.8. The number of benzene rings is 1. The fourth-order valence-corrected chi connectivity index (χ4v) is 2.66. The van der Waals surface area contributed by atoms with Gasteiger partial charge in [-0.2, -0.15) is 0 Å². The first-order chi connectivity index (χ1) is 7.54. The number of hydrogen-bond acceptors (Lipinski definition) is 1. The summed E-state index contributed by atoms with van der Waals surface area (Å²) in [7, 11) is 0. The van der Waals surface area contributed by atoms with E-state index >= 15 is 0 Å². The van der Waals surface area contributed by atoms with Crippen LogP contribution in [-0.2, 0) is 0 Å². The van der Waals surface area contributed by atoms with Gasteiger partial charge in [0, 0.05) is 15.8 Å². The molecule has 0 aliphatic rings. The van der Waals surface area contributed by atoms with Gasteiger partial charge in [-0.25, -0.2) is 0 Å². The number of alkyl halides is 1. The topological polar surface area (TPSA) is 29.1 Å². The van der Waals surface area contributed by atoms with Crippen molar-refractivity contribution in [3.63, 3.8) is 0 Å². The van der Waals surface area contributed by atoms with Crippen molar-refractivity contribution in [2.75, 3.05) is 5.33 Å². The summed E-state index contributed by atoms with van der Waals surface area (Å²) < 4.78 is 0.863. The minimum Gasteiger partial charge on any atom is -0.350 e. The van der Waals surface area contributed by atoms with E-state index in [0.717, 1.165) is 16.2 Å². The summed E-state index contributed by atoms with van der Waals surface area (Å²) in [5.41, 5.74) is 0.506. The smallest absolute Gasteiger partial charge is 0.253 e. The van der Waals surface area contributed by atoms with Crippen LogP contribution in [0.15, 0.2) is 22.7 Å². The van der Waals surface area contributed by atoms with Crippen molar-refractivity contribution in [3.8, 4) is 0 Å². The standard InChI is InChI=1S/C11H12Br2ClNO/c1-7(4-5-12)15-11(16)9-3-2-8(13)6-10(9)14/h2-3,6-7H,4-5H2,1H3,(H,15,16). The monoisotopic (exact) mass is 367 g/mol. The fraction of sp³-hybridized carbons (Fsp3) is 0.364. The zero-order valence-electron chi connectivity index (χ0n) is 8.77. The first-order valence-corrected chi connectivity index (χ1v) is 7.15. The van der Waals surface area contributed by atoms with E-state index in [-0.39, 0.29) is 11.9 Å². The quantitative estimate of drug-likeness (QED) is 0.799. The number of halogens is 3. The molecule has 1 atom stereocenters. The molecule has 1 amide bonds. The molecule has 0 heterocycles. The lowest BCUT2D eigenvalue weighted by Gasteiger charge is -2.13. The molecule has 0 radical (unpaired) electrons. The van der Waals surface area contributed by atoms with E-state index in [4.69, 9.17) is 11.6 Å². The average molecular weight is 369 g/mol. The highest BCUT2D eigenvalue weighted by atomic mass is 79.9. The second kappa shape index (κ2) is 6.62. The van der Waals surface area contributed by atoms with Gasteiger partial charge in [-0.3, -0.25) is 4.79 Å². The average Bonchev–Trinajstić information content (AvgIpc) is 2.17. The summed E-state index contributed by atoms with van der Waals surface area (Å²) in [6.07, 6.45) is 0.889. The molecule has 16 heavy (non-hydrogen) atoms. The summed E-state index contributed by atoms with van der Waals surface area (Å²) in [5, 5.41) is 4.21. The van der Waals surface area contributed by atoms with Gasteiger partial charge in [-0.15, -0.1) is 0 Å². The molecule has 0 spiro atoms. The Morgan fingerprint density at radius 2 is 2.25 bits per heavy atom. The SMILES string of the molecule is CC(CCBr)NC(=O)c1ccc(Br)cc1Cl. The fourth-order valence-electron chi connectivity index (χ4n) is 1.21. The summed E-state index contributed by atoms with van der Waals surface area (Å²) in [5.74, 6) is -0.133. The second-order valence-electron chi connectivity index (χ2n) is 3.48. The van der Waals surface area contributed by atoms with Crippen LogP contribution in [0, 0.1) is 0 Å². The molecule has 0 fully saturated rings. The Bertz CT molecular complexity index is 384. The highest BCUT2D eigenvalue weighted by Gasteiger charge is 2.12. The van der Waals surface area contributed by atoms with Crippen molar-refractivity contribution < 1.29 is 4.79 Å². The summed E-state index contributed by atoms with van der Waals surface area (Å²) in [6.45, 7) is 1.96. The second-order valence-corrected chi connectivity index (χ2v) is 5.59. The predicted octanol–water partition coefficient (Wildman–Crippen LogP) is 4.01. The normalized spacial score (nSPS) is 12.2. The van der Waals surface area contributed by atoms with Gasteiger partial charge in [0.25, 0.3) is 5.91 Å². The largest absolute Gasteiger partial charge is 0.350 e.